The van der Waals surface area contributed by atoms with Crippen molar-refractivity contribution < 1.29 is 9.67 Å². The van der Waals surface area contributed by atoms with E-state index in [1.54, 1.807) is 0 Å². The molecule has 29 heavy (non-hydrogen) atoms. The van der Waals surface area contributed by atoms with Gasteiger partial charge in [0.1, 0.15) is 18.6 Å². The van der Waals surface area contributed by atoms with E-state index in [1.165, 1.54) is 24.7 Å². The molecule has 0 saturated carbocycles. The smallest absolute Gasteiger partial charge is 0.332 e. The van der Waals surface area contributed by atoms with Crippen molar-refractivity contribution >= 4 is 24.1 Å². The Hall–Kier alpha value is -3.13. The lowest BCUT2D eigenvalue weighted by Crippen LogP contribution is -2.44. The summed E-state index contributed by atoms with van der Waals surface area (Å²) in [5.74, 6) is 0.742. The first kappa shape index (κ1) is 20.6. The molecule has 0 saturated heterocycles. The van der Waals surface area contributed by atoms with Crippen LogP contribution in [-0.4, -0.2) is 19.6 Å². The average Bonchev–Trinajstić information content (AvgIpc) is 3.29. The summed E-state index contributed by atoms with van der Waals surface area (Å²) >= 11 is 0. The van der Waals surface area contributed by atoms with Gasteiger partial charge in [0.15, 0.2) is 5.69 Å². The third kappa shape index (κ3) is 3.75. The lowest BCUT2D eigenvalue weighted by Gasteiger charge is -2.11. The molecule has 2 aromatic heterocycles. The Morgan fingerprint density at radius 3 is 2.62 bits per heavy atom. The Kier molecular flexibility index (Phi) is 5.74. The molecule has 3 aromatic rings. The summed E-state index contributed by atoms with van der Waals surface area (Å²) in [4.78, 5) is 27.9. The molecule has 0 fully saturated rings. The molecule has 0 N–H and O–H groups in total. The van der Waals surface area contributed by atoms with Crippen LogP contribution in [0.3, 0.4) is 0 Å². The molecule has 3 heterocycles. The molecule has 9 heteroatoms. The van der Waals surface area contributed by atoms with E-state index in [9.17, 15) is 14.7 Å². The van der Waals surface area contributed by atoms with Crippen LogP contribution in [0.5, 0.6) is 0 Å². The number of aromatic nitrogens is 4. The molecule has 0 bridgehead atoms. The monoisotopic (exact) mass is 415 g/mol. The molecular formula is C20H22ClN5O3. The Balaban J connectivity index is 0.00000240. The predicted molar refractivity (Wildman–Crippen MR) is 110 cm³/mol. The van der Waals surface area contributed by atoms with Crippen LogP contribution >= 0.6 is 12.4 Å². The highest BCUT2D eigenvalue weighted by Gasteiger charge is 2.28. The molecule has 0 atom stereocenters. The normalized spacial score (nSPS) is 13.2. The van der Waals surface area contributed by atoms with Crippen molar-refractivity contribution in [1.29, 1.82) is 0 Å². The van der Waals surface area contributed by atoms with E-state index in [-0.39, 0.29) is 24.8 Å². The summed E-state index contributed by atoms with van der Waals surface area (Å²) in [6.45, 7) is 0.979. The standard InChI is InChI=1S/C20H21N5O3.ClH/c1-22-16(11-19(27)23(2)20(22)28)21-17(26)13-24-12-15(14-7-4-3-5-8-14)25-10-6-9-18(24)25;/h3-5,7-8,11-12H,6,9-10,13H2,1-2H3;1H. The quantitative estimate of drug-likeness (QED) is 0.349. The van der Waals surface area contributed by atoms with Gasteiger partial charge in [0.25, 0.3) is 11.4 Å². The van der Waals surface area contributed by atoms with E-state index in [0.717, 1.165) is 41.0 Å². The fourth-order valence-electron chi connectivity index (χ4n) is 3.62. The first-order valence-corrected chi connectivity index (χ1v) is 9.14. The van der Waals surface area contributed by atoms with Crippen molar-refractivity contribution in [3.63, 3.8) is 0 Å². The van der Waals surface area contributed by atoms with Gasteiger partial charge in [-0.15, -0.1) is 12.4 Å². The van der Waals surface area contributed by atoms with Crippen LogP contribution in [0.15, 0.2) is 57.2 Å². The van der Waals surface area contributed by atoms with Crippen molar-refractivity contribution in [2.45, 2.75) is 25.9 Å². The summed E-state index contributed by atoms with van der Waals surface area (Å²) in [5, 5.41) is 12.6. The fourth-order valence-corrected chi connectivity index (χ4v) is 3.62. The number of halogens is 1. The van der Waals surface area contributed by atoms with E-state index in [0.29, 0.717) is 0 Å². The van der Waals surface area contributed by atoms with Crippen molar-refractivity contribution in [2.75, 3.05) is 0 Å². The van der Waals surface area contributed by atoms with Gasteiger partial charge in [-0.1, -0.05) is 30.3 Å². The van der Waals surface area contributed by atoms with Gasteiger partial charge in [0.05, 0.1) is 13.0 Å². The van der Waals surface area contributed by atoms with E-state index in [2.05, 4.69) is 9.56 Å². The Morgan fingerprint density at radius 2 is 1.90 bits per heavy atom. The number of hydrogen-bond acceptors (Lipinski definition) is 4. The summed E-state index contributed by atoms with van der Waals surface area (Å²) in [6, 6.07) is 11.3. The van der Waals surface area contributed by atoms with E-state index < -0.39 is 17.1 Å². The maximum atomic E-state index is 12.6. The maximum absolute atomic E-state index is 12.6. The van der Waals surface area contributed by atoms with Crippen LogP contribution in [0.2, 0.25) is 0 Å². The Labute approximate surface area is 173 Å². The number of rotatable bonds is 4. The fraction of sp³-hybridized carbons (Fsp3) is 0.300. The molecule has 4 rings (SSSR count). The van der Waals surface area contributed by atoms with Crippen LogP contribution in [-0.2, 0) is 33.6 Å². The van der Waals surface area contributed by atoms with E-state index in [1.807, 2.05) is 41.1 Å². The topological polar surface area (TPSA) is 88.2 Å². The van der Waals surface area contributed by atoms with Gasteiger partial charge in [-0.25, -0.2) is 18.9 Å². The lowest BCUT2D eigenvalue weighted by molar-refractivity contribution is -0.693. The molecule has 8 nitrogen and oxygen atoms in total. The van der Waals surface area contributed by atoms with Crippen LogP contribution in [0.1, 0.15) is 12.2 Å². The minimum absolute atomic E-state index is 0. The van der Waals surface area contributed by atoms with Gasteiger partial charge in [0.2, 0.25) is 0 Å². The number of hydrogen-bond donors (Lipinski definition) is 0. The maximum Gasteiger partial charge on any atom is 0.332 e. The van der Waals surface area contributed by atoms with Crippen molar-refractivity contribution in [1.82, 2.24) is 13.7 Å². The second-order valence-electron chi connectivity index (χ2n) is 6.93. The second-order valence-corrected chi connectivity index (χ2v) is 6.93. The van der Waals surface area contributed by atoms with Crippen LogP contribution in [0, 0.1) is 0 Å². The van der Waals surface area contributed by atoms with Gasteiger partial charge >= 0.3 is 5.69 Å². The molecule has 0 spiro atoms. The molecule has 0 unspecified atom stereocenters. The molecule has 1 aromatic carbocycles. The van der Waals surface area contributed by atoms with E-state index in [4.69, 9.17) is 0 Å². The molecule has 1 aliphatic heterocycles. The number of benzene rings is 1. The molecule has 0 amide bonds. The largest absolute Gasteiger partial charge is 0.859 e. The Bertz CT molecular complexity index is 1190. The summed E-state index contributed by atoms with van der Waals surface area (Å²) < 4.78 is 6.32. The number of imidazole rings is 1. The third-order valence-corrected chi connectivity index (χ3v) is 5.11. The lowest BCUT2D eigenvalue weighted by atomic mass is 10.2. The van der Waals surface area contributed by atoms with Crippen molar-refractivity contribution in [2.24, 2.45) is 19.1 Å². The van der Waals surface area contributed by atoms with E-state index >= 15 is 0 Å². The van der Waals surface area contributed by atoms with Crippen molar-refractivity contribution in [3.05, 3.63) is 69.3 Å². The van der Waals surface area contributed by atoms with Gasteiger partial charge in [-0.05, 0) is 6.42 Å². The first-order chi connectivity index (χ1) is 13.5. The zero-order valence-electron chi connectivity index (χ0n) is 16.2. The highest BCUT2D eigenvalue weighted by molar-refractivity contribution is 5.85. The molecule has 0 radical (unpaired) electrons. The number of nitrogens with zero attached hydrogens (tertiary/aromatic N) is 5. The summed E-state index contributed by atoms with van der Waals surface area (Å²) in [5.41, 5.74) is 1.17. The molecule has 152 valence electrons. The highest BCUT2D eigenvalue weighted by atomic mass is 35.5. The zero-order valence-corrected chi connectivity index (χ0v) is 17.1. The SMILES string of the molecule is Cl.Cn1c(N=C([O-])C[n+]2cc(-c3ccccc3)n3c2CCC3)cc(=O)n(C)c1=O. The Morgan fingerprint density at radius 1 is 1.17 bits per heavy atom. The molecular weight excluding hydrogens is 394 g/mol. The average molecular weight is 416 g/mol. The second kappa shape index (κ2) is 8.08. The zero-order chi connectivity index (χ0) is 19.8. The van der Waals surface area contributed by atoms with Crippen LogP contribution in [0.4, 0.5) is 5.82 Å². The van der Waals surface area contributed by atoms with Gasteiger partial charge in [-0.2, -0.15) is 0 Å². The molecule has 1 aliphatic rings. The molecule has 0 aliphatic carbocycles. The van der Waals surface area contributed by atoms with Crippen LogP contribution in [0.25, 0.3) is 11.3 Å². The van der Waals surface area contributed by atoms with Crippen molar-refractivity contribution in [3.8, 4) is 11.3 Å². The van der Waals surface area contributed by atoms with Gasteiger partial charge in [-0.3, -0.25) is 13.9 Å². The summed E-state index contributed by atoms with van der Waals surface area (Å²) in [6.07, 6.45) is 3.90. The number of aliphatic imine (C=N–C) groups is 1. The van der Waals surface area contributed by atoms with Gasteiger partial charge < -0.3 is 5.11 Å². The minimum atomic E-state index is -0.511. The first-order valence-electron chi connectivity index (χ1n) is 9.14. The van der Waals surface area contributed by atoms with Gasteiger partial charge in [0, 0.05) is 31.6 Å². The highest BCUT2D eigenvalue weighted by Crippen LogP contribution is 2.24. The third-order valence-electron chi connectivity index (χ3n) is 5.11. The van der Waals surface area contributed by atoms with Crippen LogP contribution < -0.4 is 20.9 Å². The minimum Gasteiger partial charge on any atom is -0.859 e. The summed E-state index contributed by atoms with van der Waals surface area (Å²) in [7, 11) is 2.88. The number of fused-ring (bicyclic) bond motifs is 1. The predicted octanol–water partition coefficient (Wildman–Crippen LogP) is 0.298.